The number of Topliss-reactive ketones (excluding diaryl/α,β-unsaturated/α-hetero) is 1. The molecule has 0 saturated heterocycles. The van der Waals surface area contributed by atoms with Crippen molar-refractivity contribution < 1.29 is 4.79 Å². The van der Waals surface area contributed by atoms with Crippen molar-refractivity contribution in [2.24, 2.45) is 5.41 Å². The first-order valence-corrected chi connectivity index (χ1v) is 7.43. The minimum absolute atomic E-state index is 0.191. The molecule has 0 aromatic carbocycles. The van der Waals surface area contributed by atoms with Crippen molar-refractivity contribution >= 4 is 5.78 Å². The van der Waals surface area contributed by atoms with E-state index < -0.39 is 0 Å². The van der Waals surface area contributed by atoms with Crippen LogP contribution in [0.1, 0.15) is 66.2 Å². The van der Waals surface area contributed by atoms with Gasteiger partial charge in [0.15, 0.2) is 0 Å². The number of rotatable bonds is 9. The van der Waals surface area contributed by atoms with Crippen molar-refractivity contribution in [3.63, 3.8) is 0 Å². The SMILES string of the molecule is C/C=C/CC/C=C/CC/C=C/CCC(=O)C(C)(C)C. The standard InChI is InChI=1S/C18H30O/c1-5-6-7-8-9-10-11-12-13-14-15-16-17(19)18(2,3)4/h5-6,9-10,13-14H,7-8,11-12,15-16H2,1-4H3/b6-5+,10-9+,14-13+. The second-order valence-corrected chi connectivity index (χ2v) is 5.88. The molecule has 0 rings (SSSR count). The van der Waals surface area contributed by atoms with E-state index in [4.69, 9.17) is 0 Å². The first kappa shape index (κ1) is 17.9. The highest BCUT2D eigenvalue weighted by molar-refractivity contribution is 5.83. The van der Waals surface area contributed by atoms with Crippen LogP contribution < -0.4 is 0 Å². The van der Waals surface area contributed by atoms with Gasteiger partial charge in [0.05, 0.1) is 0 Å². The Hall–Kier alpha value is -1.11. The lowest BCUT2D eigenvalue weighted by Crippen LogP contribution is -2.19. The van der Waals surface area contributed by atoms with Gasteiger partial charge >= 0.3 is 0 Å². The summed E-state index contributed by atoms with van der Waals surface area (Å²) in [4.78, 5) is 11.7. The van der Waals surface area contributed by atoms with Gasteiger partial charge in [0, 0.05) is 11.8 Å². The molecule has 0 amide bonds. The molecule has 0 bridgehead atoms. The molecule has 0 aliphatic rings. The van der Waals surface area contributed by atoms with Crippen LogP contribution in [0.5, 0.6) is 0 Å². The molecule has 1 heteroatoms. The van der Waals surface area contributed by atoms with E-state index in [-0.39, 0.29) is 5.41 Å². The van der Waals surface area contributed by atoms with E-state index in [1.807, 2.05) is 20.8 Å². The second kappa shape index (κ2) is 10.8. The lowest BCUT2D eigenvalue weighted by atomic mass is 9.88. The normalized spacial score (nSPS) is 13.1. The molecule has 108 valence electrons. The molecule has 0 aliphatic carbocycles. The average Bonchev–Trinajstić information content (AvgIpc) is 2.34. The minimum Gasteiger partial charge on any atom is -0.299 e. The van der Waals surface area contributed by atoms with Crippen LogP contribution in [-0.2, 0) is 4.79 Å². The third kappa shape index (κ3) is 11.7. The van der Waals surface area contributed by atoms with Gasteiger partial charge in [-0.2, -0.15) is 0 Å². The summed E-state index contributed by atoms with van der Waals surface area (Å²) in [7, 11) is 0. The number of unbranched alkanes of at least 4 members (excludes halogenated alkanes) is 2. The van der Waals surface area contributed by atoms with Crippen LogP contribution in [0.2, 0.25) is 0 Å². The van der Waals surface area contributed by atoms with Crippen LogP contribution in [0.15, 0.2) is 36.5 Å². The van der Waals surface area contributed by atoms with E-state index in [1.54, 1.807) is 0 Å². The van der Waals surface area contributed by atoms with E-state index in [2.05, 4.69) is 43.4 Å². The molecule has 0 heterocycles. The lowest BCUT2D eigenvalue weighted by Gasteiger charge is -2.15. The van der Waals surface area contributed by atoms with Gasteiger partial charge in [0.25, 0.3) is 0 Å². The summed E-state index contributed by atoms with van der Waals surface area (Å²) < 4.78 is 0. The zero-order chi connectivity index (χ0) is 14.6. The summed E-state index contributed by atoms with van der Waals surface area (Å²) in [5, 5.41) is 0. The maximum absolute atomic E-state index is 11.7. The molecule has 0 N–H and O–H groups in total. The summed E-state index contributed by atoms with van der Waals surface area (Å²) in [5.74, 6) is 0.348. The smallest absolute Gasteiger partial charge is 0.138 e. The zero-order valence-corrected chi connectivity index (χ0v) is 13.1. The van der Waals surface area contributed by atoms with Crippen LogP contribution in [0, 0.1) is 5.41 Å². The van der Waals surface area contributed by atoms with Crippen LogP contribution in [0.4, 0.5) is 0 Å². The predicted molar refractivity (Wildman–Crippen MR) is 85.3 cm³/mol. The van der Waals surface area contributed by atoms with Crippen molar-refractivity contribution in [1.29, 1.82) is 0 Å². The first-order valence-electron chi connectivity index (χ1n) is 7.43. The summed E-state index contributed by atoms with van der Waals surface area (Å²) >= 11 is 0. The summed E-state index contributed by atoms with van der Waals surface area (Å²) in [5.41, 5.74) is -0.191. The molecule has 0 aliphatic heterocycles. The Morgan fingerprint density at radius 3 is 1.63 bits per heavy atom. The fraction of sp³-hybridized carbons (Fsp3) is 0.611. The number of carbonyl (C=O) groups is 1. The van der Waals surface area contributed by atoms with Crippen molar-refractivity contribution in [3.05, 3.63) is 36.5 Å². The van der Waals surface area contributed by atoms with Gasteiger partial charge in [-0.1, -0.05) is 57.2 Å². The third-order valence-corrected chi connectivity index (χ3v) is 2.94. The summed E-state index contributed by atoms with van der Waals surface area (Å²) in [6.07, 6.45) is 19.1. The molecule has 0 atom stereocenters. The Morgan fingerprint density at radius 1 is 0.789 bits per heavy atom. The quantitative estimate of drug-likeness (QED) is 0.389. The molecule has 0 spiro atoms. The van der Waals surface area contributed by atoms with E-state index in [0.717, 1.165) is 32.1 Å². The molecular formula is C18H30O. The van der Waals surface area contributed by atoms with E-state index in [1.165, 1.54) is 0 Å². The van der Waals surface area contributed by atoms with Gasteiger partial charge in [-0.15, -0.1) is 0 Å². The molecule has 0 radical (unpaired) electrons. The van der Waals surface area contributed by atoms with Crippen LogP contribution in [0.25, 0.3) is 0 Å². The highest BCUT2D eigenvalue weighted by Gasteiger charge is 2.19. The summed E-state index contributed by atoms with van der Waals surface area (Å²) in [6.45, 7) is 8.01. The lowest BCUT2D eigenvalue weighted by molar-refractivity contribution is -0.126. The van der Waals surface area contributed by atoms with Gasteiger partial charge in [0.2, 0.25) is 0 Å². The number of carbonyl (C=O) groups excluding carboxylic acids is 1. The molecule has 0 unspecified atom stereocenters. The molecule has 0 aromatic heterocycles. The topological polar surface area (TPSA) is 17.1 Å². The molecular weight excluding hydrogens is 232 g/mol. The number of hydrogen-bond acceptors (Lipinski definition) is 1. The van der Waals surface area contributed by atoms with Gasteiger partial charge in [0.1, 0.15) is 5.78 Å². The Bertz CT molecular complexity index is 313. The van der Waals surface area contributed by atoms with E-state index in [9.17, 15) is 4.79 Å². The van der Waals surface area contributed by atoms with Gasteiger partial charge in [-0.3, -0.25) is 4.79 Å². The van der Waals surface area contributed by atoms with Crippen molar-refractivity contribution in [2.45, 2.75) is 66.2 Å². The first-order chi connectivity index (χ1) is 8.98. The van der Waals surface area contributed by atoms with Crippen LogP contribution in [0.3, 0.4) is 0 Å². The van der Waals surface area contributed by atoms with Crippen molar-refractivity contribution in [2.75, 3.05) is 0 Å². The molecule has 0 saturated carbocycles. The predicted octanol–water partition coefficient (Wildman–Crippen LogP) is 5.63. The fourth-order valence-electron chi connectivity index (χ4n) is 1.61. The van der Waals surface area contributed by atoms with Crippen molar-refractivity contribution in [3.8, 4) is 0 Å². The second-order valence-electron chi connectivity index (χ2n) is 5.88. The maximum atomic E-state index is 11.7. The van der Waals surface area contributed by atoms with Gasteiger partial charge in [-0.25, -0.2) is 0 Å². The molecule has 0 aromatic rings. The minimum atomic E-state index is -0.191. The van der Waals surface area contributed by atoms with Crippen LogP contribution >= 0.6 is 0 Å². The number of hydrogen-bond donors (Lipinski definition) is 0. The highest BCUT2D eigenvalue weighted by atomic mass is 16.1. The molecule has 19 heavy (non-hydrogen) atoms. The Kier molecular flexibility index (Phi) is 10.1. The third-order valence-electron chi connectivity index (χ3n) is 2.94. The van der Waals surface area contributed by atoms with Crippen LogP contribution in [-0.4, -0.2) is 5.78 Å². The van der Waals surface area contributed by atoms with E-state index in [0.29, 0.717) is 12.2 Å². The maximum Gasteiger partial charge on any atom is 0.138 e. The van der Waals surface area contributed by atoms with Crippen molar-refractivity contribution in [1.82, 2.24) is 0 Å². The Morgan fingerprint density at radius 2 is 1.21 bits per heavy atom. The number of ketones is 1. The highest BCUT2D eigenvalue weighted by Crippen LogP contribution is 2.17. The fourth-order valence-corrected chi connectivity index (χ4v) is 1.61. The monoisotopic (exact) mass is 262 g/mol. The average molecular weight is 262 g/mol. The van der Waals surface area contributed by atoms with Gasteiger partial charge in [-0.05, 0) is 39.0 Å². The number of allylic oxidation sites excluding steroid dienone is 6. The zero-order valence-electron chi connectivity index (χ0n) is 13.1. The largest absolute Gasteiger partial charge is 0.299 e. The van der Waals surface area contributed by atoms with E-state index >= 15 is 0 Å². The Labute approximate surface area is 119 Å². The Balaban J connectivity index is 3.52. The molecule has 1 nitrogen and oxygen atoms in total. The molecule has 0 fully saturated rings. The summed E-state index contributed by atoms with van der Waals surface area (Å²) in [6, 6.07) is 0. The van der Waals surface area contributed by atoms with Gasteiger partial charge < -0.3 is 0 Å².